The number of fused-ring (bicyclic) bond motifs is 2. The van der Waals surface area contributed by atoms with E-state index in [1.165, 1.54) is 0 Å². The van der Waals surface area contributed by atoms with E-state index in [2.05, 4.69) is 42.4 Å². The molecule has 0 spiro atoms. The van der Waals surface area contributed by atoms with Crippen LogP contribution in [0.15, 0.2) is 73.1 Å². The second-order valence-electron chi connectivity index (χ2n) is 8.97. The predicted octanol–water partition coefficient (Wildman–Crippen LogP) is 6.08. The van der Waals surface area contributed by atoms with Crippen LogP contribution in [0.4, 0.5) is 19.0 Å². The number of aliphatic hydroxyl groups excluding tert-OH is 1. The minimum absolute atomic E-state index is 0.339. The van der Waals surface area contributed by atoms with Crippen LogP contribution in [-0.4, -0.2) is 55.6 Å². The molecule has 1 saturated heterocycles. The molecule has 1 atom stereocenters. The summed E-state index contributed by atoms with van der Waals surface area (Å²) in [4.78, 5) is 12.4. The third-order valence-electron chi connectivity index (χ3n) is 6.13. The van der Waals surface area contributed by atoms with Crippen LogP contribution in [0.5, 0.6) is 11.5 Å². The lowest BCUT2D eigenvalue weighted by atomic mass is 10.1. The summed E-state index contributed by atoms with van der Waals surface area (Å²) in [7, 11) is 0. The molecule has 4 heterocycles. The number of anilines is 1. The number of ether oxygens (including phenoxy) is 1. The van der Waals surface area contributed by atoms with Crippen molar-refractivity contribution >= 4 is 27.9 Å². The molecule has 0 aliphatic carbocycles. The third kappa shape index (κ3) is 6.12. The lowest BCUT2D eigenvalue weighted by Gasteiger charge is -2.23. The van der Waals surface area contributed by atoms with Crippen LogP contribution < -0.4 is 15.4 Å². The molecular formula is C27H26F3N7O2. The predicted molar refractivity (Wildman–Crippen MR) is 143 cm³/mol. The van der Waals surface area contributed by atoms with Gasteiger partial charge in [-0.3, -0.25) is 5.10 Å². The first-order valence-corrected chi connectivity index (χ1v) is 12.3. The first kappa shape index (κ1) is 26.0. The molecule has 12 heteroatoms. The van der Waals surface area contributed by atoms with Gasteiger partial charge in [-0.15, -0.1) is 0 Å². The number of nitrogens with zero attached hydrogens (tertiary/aromatic N) is 3. The van der Waals surface area contributed by atoms with Gasteiger partial charge in [-0.25, -0.2) is 9.97 Å². The first-order valence-electron chi connectivity index (χ1n) is 12.3. The fourth-order valence-corrected chi connectivity index (χ4v) is 4.18. The molecule has 3 aromatic heterocycles. The van der Waals surface area contributed by atoms with E-state index in [0.29, 0.717) is 17.4 Å². The number of H-pyrrole nitrogens is 2. The number of aromatic nitrogens is 5. The quantitative estimate of drug-likeness (QED) is 0.172. The second-order valence-corrected chi connectivity index (χ2v) is 8.97. The highest BCUT2D eigenvalue weighted by Gasteiger charge is 2.31. The second kappa shape index (κ2) is 11.0. The number of halogens is 3. The van der Waals surface area contributed by atoms with Gasteiger partial charge in [0.05, 0.1) is 11.0 Å². The molecule has 1 aliphatic rings. The van der Waals surface area contributed by atoms with Crippen molar-refractivity contribution in [1.29, 1.82) is 0 Å². The number of para-hydroxylation sites is 2. The summed E-state index contributed by atoms with van der Waals surface area (Å²) < 4.78 is 38.7. The minimum Gasteiger partial charge on any atom is -0.505 e. The molecule has 39 heavy (non-hydrogen) atoms. The molecule has 0 amide bonds. The van der Waals surface area contributed by atoms with E-state index >= 15 is 0 Å². The molecule has 0 saturated carbocycles. The van der Waals surface area contributed by atoms with Gasteiger partial charge in [-0.05, 0) is 55.8 Å². The van der Waals surface area contributed by atoms with Crippen molar-refractivity contribution in [3.63, 3.8) is 0 Å². The van der Waals surface area contributed by atoms with Gasteiger partial charge < -0.3 is 25.5 Å². The lowest BCUT2D eigenvalue weighted by molar-refractivity contribution is -0.119. The van der Waals surface area contributed by atoms with E-state index < -0.39 is 11.9 Å². The van der Waals surface area contributed by atoms with Crippen LogP contribution in [0.3, 0.4) is 0 Å². The molecule has 202 valence electrons. The summed E-state index contributed by atoms with van der Waals surface area (Å²) in [6.07, 6.45) is -0.648. The Hall–Kier alpha value is -4.58. The van der Waals surface area contributed by atoms with Crippen molar-refractivity contribution in [3.8, 4) is 22.9 Å². The monoisotopic (exact) mass is 537 g/mol. The summed E-state index contributed by atoms with van der Waals surface area (Å²) in [6.45, 7) is 4.25. The number of piperidine rings is 1. The van der Waals surface area contributed by atoms with Gasteiger partial charge in [0.1, 0.15) is 22.7 Å². The minimum atomic E-state index is -4.64. The molecule has 5 N–H and O–H groups in total. The van der Waals surface area contributed by atoms with Gasteiger partial charge in [-0.2, -0.15) is 18.3 Å². The Bertz CT molecular complexity index is 1540. The first-order chi connectivity index (χ1) is 18.8. The van der Waals surface area contributed by atoms with E-state index in [-0.39, 0.29) is 0 Å². The van der Waals surface area contributed by atoms with Crippen LogP contribution in [0.25, 0.3) is 33.5 Å². The largest absolute Gasteiger partial charge is 0.505 e. The Morgan fingerprint density at radius 2 is 1.87 bits per heavy atom. The molecule has 1 unspecified atom stereocenters. The number of aliphatic hydroxyl groups is 1. The molecule has 0 bridgehead atoms. The van der Waals surface area contributed by atoms with E-state index in [9.17, 15) is 13.2 Å². The van der Waals surface area contributed by atoms with Crippen molar-refractivity contribution < 1.29 is 23.0 Å². The maximum absolute atomic E-state index is 10.8. The van der Waals surface area contributed by atoms with Crippen molar-refractivity contribution in [2.45, 2.75) is 25.1 Å². The van der Waals surface area contributed by atoms with Crippen LogP contribution >= 0.6 is 0 Å². The number of benzene rings is 2. The van der Waals surface area contributed by atoms with Crippen molar-refractivity contribution in [3.05, 3.63) is 73.1 Å². The SMILES string of the molecule is C=C(O)C(F)(F)F.c1ccc2[nH]c(-c3ccc(Oc4ccnc5[nH]nc(NC6CCCNC6)c45)cc3)nc2c1. The Morgan fingerprint density at radius 1 is 1.10 bits per heavy atom. The van der Waals surface area contributed by atoms with Gasteiger partial charge >= 0.3 is 6.18 Å². The van der Waals surface area contributed by atoms with Crippen molar-refractivity contribution in [1.82, 2.24) is 30.5 Å². The molecule has 5 aromatic rings. The standard InChI is InChI=1S/C24H23N7O.C3H3F3O/c1-2-6-19-18(5-1)28-22(29-19)15-7-9-17(10-8-15)32-20-11-13-26-23-21(20)24(31-30-23)27-16-4-3-12-25-14-16;1-2(7)3(4,5)6/h1-2,5-11,13,16,25H,3-4,12,14H2,(H,28,29)(H2,26,27,30,31);7H,1H2. The smallest absolute Gasteiger partial charge is 0.448 e. The van der Waals surface area contributed by atoms with Gasteiger partial charge in [-0.1, -0.05) is 18.7 Å². The summed E-state index contributed by atoms with van der Waals surface area (Å²) in [6, 6.07) is 18.1. The molecule has 2 aromatic carbocycles. The number of hydrogen-bond donors (Lipinski definition) is 5. The Kier molecular flexibility index (Phi) is 7.37. The van der Waals surface area contributed by atoms with E-state index in [1.54, 1.807) is 6.20 Å². The number of rotatable bonds is 5. The zero-order valence-corrected chi connectivity index (χ0v) is 20.7. The maximum atomic E-state index is 10.8. The van der Waals surface area contributed by atoms with Crippen LogP contribution in [0, 0.1) is 0 Å². The fourth-order valence-electron chi connectivity index (χ4n) is 4.18. The Labute approximate surface area is 221 Å². The fraction of sp³-hybridized carbons (Fsp3) is 0.222. The Morgan fingerprint density at radius 3 is 2.56 bits per heavy atom. The third-order valence-corrected chi connectivity index (χ3v) is 6.13. The normalized spacial score (nSPS) is 15.5. The van der Waals surface area contributed by atoms with Crippen molar-refractivity contribution in [2.75, 3.05) is 18.4 Å². The van der Waals surface area contributed by atoms with E-state index in [0.717, 1.165) is 65.3 Å². The topological polar surface area (TPSA) is 124 Å². The summed E-state index contributed by atoms with van der Waals surface area (Å²) >= 11 is 0. The molecular weight excluding hydrogens is 511 g/mol. The number of allylic oxidation sites excluding steroid dienone is 1. The number of imidazole rings is 1. The highest BCUT2D eigenvalue weighted by molar-refractivity contribution is 5.93. The van der Waals surface area contributed by atoms with Gasteiger partial charge in [0.15, 0.2) is 17.2 Å². The van der Waals surface area contributed by atoms with Crippen LogP contribution in [0.2, 0.25) is 0 Å². The highest BCUT2D eigenvalue weighted by atomic mass is 19.4. The summed E-state index contributed by atoms with van der Waals surface area (Å²) in [5.41, 5.74) is 3.68. The van der Waals surface area contributed by atoms with Gasteiger partial charge in [0.25, 0.3) is 0 Å². The molecule has 1 fully saturated rings. The number of alkyl halides is 3. The van der Waals surface area contributed by atoms with Crippen LogP contribution in [-0.2, 0) is 0 Å². The number of hydrogen-bond acceptors (Lipinski definition) is 7. The summed E-state index contributed by atoms with van der Waals surface area (Å²) in [5.74, 6) is 1.31. The number of nitrogens with one attached hydrogen (secondary N) is 4. The lowest BCUT2D eigenvalue weighted by Crippen LogP contribution is -2.38. The van der Waals surface area contributed by atoms with E-state index in [4.69, 9.17) is 9.84 Å². The molecule has 0 radical (unpaired) electrons. The summed E-state index contributed by atoms with van der Waals surface area (Å²) in [5, 5.41) is 22.8. The zero-order chi connectivity index (χ0) is 27.4. The zero-order valence-electron chi connectivity index (χ0n) is 20.7. The van der Waals surface area contributed by atoms with E-state index in [1.807, 2.05) is 54.6 Å². The van der Waals surface area contributed by atoms with Crippen molar-refractivity contribution in [2.24, 2.45) is 0 Å². The maximum Gasteiger partial charge on any atom is 0.448 e. The number of pyridine rings is 1. The molecule has 6 rings (SSSR count). The molecule has 1 aliphatic heterocycles. The van der Waals surface area contributed by atoms with Gasteiger partial charge in [0, 0.05) is 30.4 Å². The number of aromatic amines is 2. The highest BCUT2D eigenvalue weighted by Crippen LogP contribution is 2.34. The Balaban J connectivity index is 0.000000392. The molecule has 9 nitrogen and oxygen atoms in total. The van der Waals surface area contributed by atoms with Crippen LogP contribution in [0.1, 0.15) is 12.8 Å². The average molecular weight is 538 g/mol. The average Bonchev–Trinajstić information content (AvgIpc) is 3.55. The van der Waals surface area contributed by atoms with Gasteiger partial charge in [0.2, 0.25) is 0 Å².